The van der Waals surface area contributed by atoms with Crippen molar-refractivity contribution >= 4 is 11.6 Å². The van der Waals surface area contributed by atoms with Crippen LogP contribution in [0.25, 0.3) is 0 Å². The summed E-state index contributed by atoms with van der Waals surface area (Å²) in [6.07, 6.45) is 1.27. The van der Waals surface area contributed by atoms with Crippen LogP contribution < -0.4 is 0 Å². The highest BCUT2D eigenvalue weighted by Gasteiger charge is 2.63. The predicted octanol–water partition coefficient (Wildman–Crippen LogP) is 4.22. The van der Waals surface area contributed by atoms with E-state index in [9.17, 15) is 23.5 Å². The van der Waals surface area contributed by atoms with E-state index in [2.05, 4.69) is 0 Å². The van der Waals surface area contributed by atoms with Crippen LogP contribution in [0.15, 0.2) is 11.3 Å². The third-order valence-corrected chi connectivity index (χ3v) is 7.80. The molecule has 0 spiro atoms. The number of hydrogen-bond acceptors (Lipinski definition) is 3. The summed E-state index contributed by atoms with van der Waals surface area (Å²) in [7, 11) is 0. The number of Topliss-reactive ketones (excluding diaryl/α,β-unsaturated/α-hetero) is 2. The zero-order valence-electron chi connectivity index (χ0n) is 14.0. The van der Waals surface area contributed by atoms with Gasteiger partial charge in [0.25, 0.3) is 0 Å². The van der Waals surface area contributed by atoms with E-state index in [-0.39, 0.29) is 36.0 Å². The van der Waals surface area contributed by atoms with Crippen LogP contribution in [0.4, 0.5) is 8.78 Å². The molecule has 5 heteroatoms. The van der Waals surface area contributed by atoms with Crippen molar-refractivity contribution in [3.05, 3.63) is 11.3 Å². The van der Waals surface area contributed by atoms with Crippen LogP contribution in [-0.2, 0) is 9.59 Å². The first kappa shape index (κ1) is 16.2. The fraction of sp³-hybridized carbons (Fsp3) is 0.789. The molecule has 0 aromatic heterocycles. The van der Waals surface area contributed by atoms with Gasteiger partial charge in [0.15, 0.2) is 11.5 Å². The Bertz CT molecular complexity index is 641. The van der Waals surface area contributed by atoms with Gasteiger partial charge in [0, 0.05) is 18.3 Å². The number of alkyl halides is 2. The molecule has 0 aliphatic heterocycles. The standard InChI is InChI=1S/C19H24F2O3/c1-18-8-6-12-10(11(18)4-5-15(18)23)2-3-13-16(24)14(22)7-9-19(12,13)17(20)21/h10-12,17,24H,2-9H2,1H3/t10?,11?,12?,18-,19-/m0/s1. The number of halogens is 2. The Labute approximate surface area is 140 Å². The molecule has 4 aliphatic rings. The Morgan fingerprint density at radius 1 is 1.04 bits per heavy atom. The van der Waals surface area contributed by atoms with E-state index in [4.69, 9.17) is 0 Å². The molecule has 3 fully saturated rings. The number of aliphatic hydroxyl groups excluding tert-OH is 1. The number of allylic oxidation sites excluding steroid dienone is 1. The summed E-state index contributed by atoms with van der Waals surface area (Å²) in [5, 5.41) is 10.2. The lowest BCUT2D eigenvalue weighted by Crippen LogP contribution is -2.55. The van der Waals surface area contributed by atoms with Gasteiger partial charge >= 0.3 is 0 Å². The van der Waals surface area contributed by atoms with Crippen LogP contribution in [-0.4, -0.2) is 23.1 Å². The highest BCUT2D eigenvalue weighted by atomic mass is 19.3. The molecule has 0 amide bonds. The molecule has 1 N–H and O–H groups in total. The topological polar surface area (TPSA) is 54.4 Å². The Morgan fingerprint density at radius 2 is 1.79 bits per heavy atom. The van der Waals surface area contributed by atoms with Gasteiger partial charge in [-0.3, -0.25) is 9.59 Å². The number of ketones is 2. The van der Waals surface area contributed by atoms with Gasteiger partial charge in [-0.2, -0.15) is 0 Å². The monoisotopic (exact) mass is 338 g/mol. The molecule has 0 bridgehead atoms. The van der Waals surface area contributed by atoms with Gasteiger partial charge in [0.1, 0.15) is 5.78 Å². The van der Waals surface area contributed by atoms with Crippen molar-refractivity contribution in [1.82, 2.24) is 0 Å². The van der Waals surface area contributed by atoms with Crippen molar-refractivity contribution in [2.45, 2.75) is 64.7 Å². The second-order valence-corrected chi connectivity index (χ2v) is 8.42. The van der Waals surface area contributed by atoms with E-state index in [1.54, 1.807) is 0 Å². The van der Waals surface area contributed by atoms with Crippen molar-refractivity contribution in [3.63, 3.8) is 0 Å². The van der Waals surface area contributed by atoms with Gasteiger partial charge in [-0.15, -0.1) is 0 Å². The molecule has 5 atom stereocenters. The highest BCUT2D eigenvalue weighted by molar-refractivity contribution is 5.95. The molecular formula is C19H24F2O3. The Balaban J connectivity index is 1.79. The lowest BCUT2D eigenvalue weighted by molar-refractivity contribution is -0.142. The Hall–Kier alpha value is -1.26. The summed E-state index contributed by atoms with van der Waals surface area (Å²) in [5.74, 6) is -0.428. The number of aliphatic hydroxyl groups is 1. The molecule has 0 aromatic carbocycles. The lowest BCUT2D eigenvalue weighted by atomic mass is 9.47. The molecule has 0 radical (unpaired) electrons. The average molecular weight is 338 g/mol. The number of carbonyl (C=O) groups is 2. The largest absolute Gasteiger partial charge is 0.504 e. The van der Waals surface area contributed by atoms with Crippen molar-refractivity contribution < 1.29 is 23.5 Å². The summed E-state index contributed by atoms with van der Waals surface area (Å²) in [4.78, 5) is 24.2. The number of rotatable bonds is 1. The second-order valence-electron chi connectivity index (χ2n) is 8.42. The van der Waals surface area contributed by atoms with Crippen LogP contribution >= 0.6 is 0 Å². The van der Waals surface area contributed by atoms with Gasteiger partial charge in [-0.25, -0.2) is 8.78 Å². The molecule has 0 heterocycles. The highest BCUT2D eigenvalue weighted by Crippen LogP contribution is 2.66. The van der Waals surface area contributed by atoms with Gasteiger partial charge in [0.2, 0.25) is 6.43 Å². The smallest absolute Gasteiger partial charge is 0.248 e. The van der Waals surface area contributed by atoms with Gasteiger partial charge in [-0.1, -0.05) is 6.92 Å². The van der Waals surface area contributed by atoms with Gasteiger partial charge < -0.3 is 5.11 Å². The minimum absolute atomic E-state index is 0.00373. The molecule has 0 aromatic rings. The quantitative estimate of drug-likeness (QED) is 0.779. The molecule has 132 valence electrons. The molecule has 3 unspecified atom stereocenters. The Morgan fingerprint density at radius 3 is 2.50 bits per heavy atom. The van der Waals surface area contributed by atoms with Crippen LogP contribution in [0.5, 0.6) is 0 Å². The normalized spacial score (nSPS) is 45.2. The molecule has 3 nitrogen and oxygen atoms in total. The van der Waals surface area contributed by atoms with E-state index >= 15 is 0 Å². The van der Waals surface area contributed by atoms with Crippen molar-refractivity contribution in [2.24, 2.45) is 28.6 Å². The van der Waals surface area contributed by atoms with Crippen LogP contribution in [0.3, 0.4) is 0 Å². The molecule has 3 saturated carbocycles. The Kier molecular flexibility index (Phi) is 3.46. The number of carbonyl (C=O) groups excluding carboxylic acids is 2. The summed E-state index contributed by atoms with van der Waals surface area (Å²) >= 11 is 0. The van der Waals surface area contributed by atoms with Crippen molar-refractivity contribution in [3.8, 4) is 0 Å². The SMILES string of the molecule is C[C@]12CCC3C(CCC4=C(O)C(=O)CC[C@@]43C(F)F)C1CCC2=O. The summed E-state index contributed by atoms with van der Waals surface area (Å²) in [6, 6.07) is 0. The number of hydrogen-bond donors (Lipinski definition) is 1. The van der Waals surface area contributed by atoms with E-state index in [1.807, 2.05) is 6.92 Å². The molecular weight excluding hydrogens is 314 g/mol. The lowest BCUT2D eigenvalue weighted by Gasteiger charge is -2.57. The zero-order valence-corrected chi connectivity index (χ0v) is 14.0. The van der Waals surface area contributed by atoms with Crippen LogP contribution in [0, 0.1) is 28.6 Å². The first-order valence-corrected chi connectivity index (χ1v) is 9.09. The number of fused-ring (bicyclic) bond motifs is 5. The van der Waals surface area contributed by atoms with Crippen LogP contribution in [0.2, 0.25) is 0 Å². The van der Waals surface area contributed by atoms with Gasteiger partial charge in [-0.05, 0) is 61.9 Å². The maximum Gasteiger partial charge on any atom is 0.248 e. The maximum atomic E-state index is 14.3. The first-order chi connectivity index (χ1) is 11.3. The average Bonchev–Trinajstić information content (AvgIpc) is 2.86. The zero-order chi connectivity index (χ0) is 17.3. The first-order valence-electron chi connectivity index (χ1n) is 9.09. The van der Waals surface area contributed by atoms with Crippen LogP contribution in [0.1, 0.15) is 58.3 Å². The van der Waals surface area contributed by atoms with Gasteiger partial charge in [0.05, 0.1) is 5.41 Å². The maximum absolute atomic E-state index is 14.3. The van der Waals surface area contributed by atoms with E-state index in [0.29, 0.717) is 43.5 Å². The summed E-state index contributed by atoms with van der Waals surface area (Å²) < 4.78 is 28.6. The fourth-order valence-electron chi connectivity index (χ4n) is 6.55. The minimum atomic E-state index is -2.57. The summed E-state index contributed by atoms with van der Waals surface area (Å²) in [5.41, 5.74) is -1.39. The predicted molar refractivity (Wildman–Crippen MR) is 83.6 cm³/mol. The fourth-order valence-corrected chi connectivity index (χ4v) is 6.55. The third kappa shape index (κ3) is 1.81. The second kappa shape index (κ2) is 5.12. The van der Waals surface area contributed by atoms with E-state index < -0.39 is 23.4 Å². The molecule has 4 rings (SSSR count). The van der Waals surface area contributed by atoms with Crippen molar-refractivity contribution in [1.29, 1.82) is 0 Å². The van der Waals surface area contributed by atoms with Crippen molar-refractivity contribution in [2.75, 3.05) is 0 Å². The molecule has 0 saturated heterocycles. The third-order valence-electron chi connectivity index (χ3n) is 7.80. The molecule has 24 heavy (non-hydrogen) atoms. The minimum Gasteiger partial charge on any atom is -0.504 e. The summed E-state index contributed by atoms with van der Waals surface area (Å²) in [6.45, 7) is 2.02. The van der Waals surface area contributed by atoms with E-state index in [1.165, 1.54) is 0 Å². The molecule has 4 aliphatic carbocycles. The van der Waals surface area contributed by atoms with E-state index in [0.717, 1.165) is 6.42 Å².